The normalized spacial score (nSPS) is 14.5. The molecule has 192 valence electrons. The first-order valence-electron chi connectivity index (χ1n) is 12.7. The summed E-state index contributed by atoms with van der Waals surface area (Å²) >= 11 is 0. The van der Waals surface area contributed by atoms with Crippen LogP contribution in [-0.2, 0) is 16.0 Å². The van der Waals surface area contributed by atoms with Crippen LogP contribution in [0.25, 0.3) is 10.9 Å². The van der Waals surface area contributed by atoms with Crippen molar-refractivity contribution in [2.75, 3.05) is 0 Å². The number of nitrogens with one attached hydrogen (secondary N) is 3. The van der Waals surface area contributed by atoms with Gasteiger partial charge >= 0.3 is 6.09 Å². The lowest BCUT2D eigenvalue weighted by Crippen LogP contribution is -2.58. The van der Waals surface area contributed by atoms with Gasteiger partial charge in [0, 0.05) is 17.6 Å². The monoisotopic (exact) mass is 497 g/mol. The average Bonchev–Trinajstić information content (AvgIpc) is 3.30. The Balaban J connectivity index is 1.58. The third kappa shape index (κ3) is 6.39. The molecule has 0 spiro atoms. The minimum Gasteiger partial charge on any atom is -0.441 e. The SMILES string of the molecule is CC(NC(=O)[C@@](C)(Cc1cc2ccccc2[nH]1)NC(=O)OC(c1ccccc1)C(C)C)c1ccccc1. The first kappa shape index (κ1) is 26.0. The molecular weight excluding hydrogens is 462 g/mol. The van der Waals surface area contributed by atoms with Gasteiger partial charge in [0.25, 0.3) is 0 Å². The number of alkyl carbamates (subject to hydrolysis) is 1. The zero-order chi connectivity index (χ0) is 26.4. The van der Waals surface area contributed by atoms with Crippen molar-refractivity contribution in [3.05, 3.63) is 108 Å². The molecule has 6 nitrogen and oxygen atoms in total. The fraction of sp³-hybridized carbons (Fsp3) is 0.290. The molecule has 3 aromatic carbocycles. The Bertz CT molecular complexity index is 1300. The molecule has 0 aliphatic carbocycles. The summed E-state index contributed by atoms with van der Waals surface area (Å²) in [6.45, 7) is 7.67. The maximum absolute atomic E-state index is 13.7. The predicted molar refractivity (Wildman–Crippen MR) is 147 cm³/mol. The van der Waals surface area contributed by atoms with Crippen molar-refractivity contribution in [3.8, 4) is 0 Å². The van der Waals surface area contributed by atoms with E-state index in [0.717, 1.165) is 27.7 Å². The quantitative estimate of drug-likeness (QED) is 0.248. The molecule has 0 bridgehead atoms. The van der Waals surface area contributed by atoms with Crippen molar-refractivity contribution in [1.82, 2.24) is 15.6 Å². The maximum Gasteiger partial charge on any atom is 0.408 e. The molecule has 2 unspecified atom stereocenters. The number of fused-ring (bicyclic) bond motifs is 1. The number of hydrogen-bond donors (Lipinski definition) is 3. The van der Waals surface area contributed by atoms with Crippen molar-refractivity contribution < 1.29 is 14.3 Å². The minimum atomic E-state index is -1.26. The lowest BCUT2D eigenvalue weighted by molar-refractivity contribution is -0.127. The Morgan fingerprint density at radius 3 is 2.08 bits per heavy atom. The topological polar surface area (TPSA) is 83.2 Å². The van der Waals surface area contributed by atoms with E-state index in [0.29, 0.717) is 0 Å². The van der Waals surface area contributed by atoms with Gasteiger partial charge in [-0.05, 0) is 48.4 Å². The number of rotatable bonds is 9. The van der Waals surface area contributed by atoms with Crippen LogP contribution in [0.3, 0.4) is 0 Å². The number of H-pyrrole nitrogens is 1. The first-order valence-corrected chi connectivity index (χ1v) is 12.7. The second-order valence-electron chi connectivity index (χ2n) is 10.1. The fourth-order valence-corrected chi connectivity index (χ4v) is 4.57. The predicted octanol–water partition coefficient (Wildman–Crippen LogP) is 6.47. The maximum atomic E-state index is 13.7. The number of carbonyl (C=O) groups excluding carboxylic acids is 2. The standard InChI is InChI=1S/C31H35N3O3/c1-21(2)28(24-15-9-6-10-16-24)37-30(36)34-31(4,20-26-19-25-17-11-12-18-27(25)33-26)29(35)32-22(3)23-13-7-5-8-14-23/h5-19,21-22,28,33H,20H2,1-4H3,(H,32,35)(H,34,36)/t22?,28?,31-/m1/s1. The highest BCUT2D eigenvalue weighted by Crippen LogP contribution is 2.27. The molecule has 0 aliphatic heterocycles. The largest absolute Gasteiger partial charge is 0.441 e. The average molecular weight is 498 g/mol. The van der Waals surface area contributed by atoms with Crippen molar-refractivity contribution in [1.29, 1.82) is 0 Å². The highest BCUT2D eigenvalue weighted by atomic mass is 16.6. The van der Waals surface area contributed by atoms with Crippen LogP contribution in [0.15, 0.2) is 91.0 Å². The number of hydrogen-bond acceptors (Lipinski definition) is 3. The number of aromatic amines is 1. The molecule has 3 atom stereocenters. The number of para-hydroxylation sites is 1. The molecular formula is C31H35N3O3. The fourth-order valence-electron chi connectivity index (χ4n) is 4.57. The summed E-state index contributed by atoms with van der Waals surface area (Å²) < 4.78 is 5.89. The summed E-state index contributed by atoms with van der Waals surface area (Å²) in [7, 11) is 0. The summed E-state index contributed by atoms with van der Waals surface area (Å²) in [5.74, 6) is -0.236. The van der Waals surface area contributed by atoms with E-state index in [-0.39, 0.29) is 24.3 Å². The van der Waals surface area contributed by atoms with E-state index >= 15 is 0 Å². The van der Waals surface area contributed by atoms with Gasteiger partial charge in [0.1, 0.15) is 11.6 Å². The van der Waals surface area contributed by atoms with Gasteiger partial charge in [-0.3, -0.25) is 4.79 Å². The van der Waals surface area contributed by atoms with Crippen molar-refractivity contribution in [2.24, 2.45) is 5.92 Å². The number of aromatic nitrogens is 1. The van der Waals surface area contributed by atoms with Crippen LogP contribution in [0.4, 0.5) is 4.79 Å². The number of carbonyl (C=O) groups is 2. The second kappa shape index (κ2) is 11.3. The zero-order valence-electron chi connectivity index (χ0n) is 21.8. The van der Waals surface area contributed by atoms with Gasteiger partial charge in [-0.1, -0.05) is 92.7 Å². The van der Waals surface area contributed by atoms with Gasteiger partial charge in [0.2, 0.25) is 5.91 Å². The van der Waals surface area contributed by atoms with Crippen LogP contribution in [0.2, 0.25) is 0 Å². The van der Waals surface area contributed by atoms with Crippen LogP contribution in [-0.4, -0.2) is 22.5 Å². The van der Waals surface area contributed by atoms with E-state index in [4.69, 9.17) is 4.74 Å². The van der Waals surface area contributed by atoms with Crippen LogP contribution < -0.4 is 10.6 Å². The third-order valence-corrected chi connectivity index (χ3v) is 6.62. The van der Waals surface area contributed by atoms with E-state index in [1.165, 1.54) is 0 Å². The molecule has 3 N–H and O–H groups in total. The van der Waals surface area contributed by atoms with E-state index in [2.05, 4.69) is 15.6 Å². The molecule has 4 aromatic rings. The second-order valence-corrected chi connectivity index (χ2v) is 10.1. The molecule has 4 rings (SSSR count). The van der Waals surface area contributed by atoms with Crippen LogP contribution in [0.5, 0.6) is 0 Å². The van der Waals surface area contributed by atoms with Gasteiger partial charge < -0.3 is 20.4 Å². The molecule has 37 heavy (non-hydrogen) atoms. The van der Waals surface area contributed by atoms with Crippen LogP contribution in [0.1, 0.15) is 56.7 Å². The van der Waals surface area contributed by atoms with E-state index < -0.39 is 17.7 Å². The summed E-state index contributed by atoms with van der Waals surface area (Å²) in [5, 5.41) is 7.03. The number of benzene rings is 3. The number of amides is 2. The Morgan fingerprint density at radius 2 is 1.46 bits per heavy atom. The van der Waals surface area contributed by atoms with Crippen LogP contribution >= 0.6 is 0 Å². The molecule has 1 aromatic heterocycles. The van der Waals surface area contributed by atoms with Gasteiger partial charge in [0.15, 0.2) is 0 Å². The molecule has 0 fully saturated rings. The lowest BCUT2D eigenvalue weighted by Gasteiger charge is -2.32. The first-order chi connectivity index (χ1) is 17.7. The van der Waals surface area contributed by atoms with E-state index in [1.54, 1.807) is 6.92 Å². The Kier molecular flexibility index (Phi) is 7.97. The molecule has 0 saturated heterocycles. The van der Waals surface area contributed by atoms with Gasteiger partial charge in [-0.15, -0.1) is 0 Å². The minimum absolute atomic E-state index is 0.0556. The molecule has 0 saturated carbocycles. The smallest absolute Gasteiger partial charge is 0.408 e. The van der Waals surface area contributed by atoms with Gasteiger partial charge in [-0.25, -0.2) is 4.79 Å². The van der Waals surface area contributed by atoms with Crippen LogP contribution in [0, 0.1) is 5.92 Å². The molecule has 0 radical (unpaired) electrons. The molecule has 1 heterocycles. The Morgan fingerprint density at radius 1 is 0.865 bits per heavy atom. The Labute approximate surface area is 218 Å². The Hall–Kier alpha value is -4.06. The van der Waals surface area contributed by atoms with E-state index in [9.17, 15) is 9.59 Å². The summed E-state index contributed by atoms with van der Waals surface area (Å²) in [6.07, 6.45) is -0.810. The number of ether oxygens (including phenoxy) is 1. The summed E-state index contributed by atoms with van der Waals surface area (Å²) in [5.41, 5.74) is 2.45. The third-order valence-electron chi connectivity index (χ3n) is 6.62. The summed E-state index contributed by atoms with van der Waals surface area (Å²) in [6, 6.07) is 29.1. The van der Waals surface area contributed by atoms with Crippen molar-refractivity contribution >= 4 is 22.9 Å². The lowest BCUT2D eigenvalue weighted by atomic mass is 9.93. The van der Waals surface area contributed by atoms with Crippen molar-refractivity contribution in [3.63, 3.8) is 0 Å². The highest BCUT2D eigenvalue weighted by molar-refractivity contribution is 5.90. The molecule has 0 aliphatic rings. The highest BCUT2D eigenvalue weighted by Gasteiger charge is 2.38. The van der Waals surface area contributed by atoms with E-state index in [1.807, 2.05) is 112 Å². The summed E-state index contributed by atoms with van der Waals surface area (Å²) in [4.78, 5) is 30.3. The van der Waals surface area contributed by atoms with Gasteiger partial charge in [0.05, 0.1) is 6.04 Å². The molecule has 6 heteroatoms. The zero-order valence-corrected chi connectivity index (χ0v) is 21.8. The van der Waals surface area contributed by atoms with Gasteiger partial charge in [-0.2, -0.15) is 0 Å². The van der Waals surface area contributed by atoms with Crippen molar-refractivity contribution in [2.45, 2.75) is 51.8 Å². The molecule has 2 amide bonds.